The van der Waals surface area contributed by atoms with Gasteiger partial charge in [-0.3, -0.25) is 4.98 Å². The predicted molar refractivity (Wildman–Crippen MR) is 106 cm³/mol. The lowest BCUT2D eigenvalue weighted by Crippen LogP contribution is -2.65. The van der Waals surface area contributed by atoms with Crippen LogP contribution in [0.3, 0.4) is 0 Å². The van der Waals surface area contributed by atoms with E-state index in [1.54, 1.807) is 0 Å². The second kappa shape index (κ2) is 7.40. The molecule has 0 bridgehead atoms. The van der Waals surface area contributed by atoms with Crippen molar-refractivity contribution in [2.45, 2.75) is 42.8 Å². The number of aromatic nitrogens is 1. The molecule has 3 fully saturated rings. The van der Waals surface area contributed by atoms with Crippen molar-refractivity contribution in [3.05, 3.63) is 28.7 Å². The molecule has 5 rings (SSSR count). The molecule has 0 saturated carbocycles. The van der Waals surface area contributed by atoms with Gasteiger partial charge in [0, 0.05) is 37.7 Å². The first-order valence-corrected chi connectivity index (χ1v) is 11.7. The Morgan fingerprint density at radius 2 is 1.87 bits per heavy atom. The molecule has 1 aromatic carbocycles. The molecule has 10 nitrogen and oxygen atoms in total. The minimum atomic E-state index is -3.70. The molecule has 3 atom stereocenters. The highest BCUT2D eigenvalue weighted by Gasteiger charge is 2.44. The number of sulfonamides is 1. The zero-order valence-corrected chi connectivity index (χ0v) is 17.1. The molecule has 0 spiro atoms. The van der Waals surface area contributed by atoms with Gasteiger partial charge in [-0.15, -0.1) is 0 Å². The van der Waals surface area contributed by atoms with E-state index in [4.69, 9.17) is 9.15 Å². The van der Waals surface area contributed by atoms with Crippen molar-refractivity contribution in [3.8, 4) is 0 Å². The zero-order valence-electron chi connectivity index (χ0n) is 16.3. The summed E-state index contributed by atoms with van der Waals surface area (Å²) in [5.74, 6) is -0.222. The lowest BCUT2D eigenvalue weighted by molar-refractivity contribution is -0.0696. The molecule has 0 unspecified atom stereocenters. The van der Waals surface area contributed by atoms with Gasteiger partial charge in [0.2, 0.25) is 10.0 Å². The molecule has 11 heteroatoms. The predicted octanol–water partition coefficient (Wildman–Crippen LogP) is 0.956. The first-order valence-electron chi connectivity index (χ1n) is 10.2. The normalized spacial score (nSPS) is 28.7. The van der Waals surface area contributed by atoms with E-state index in [2.05, 4.69) is 15.6 Å². The van der Waals surface area contributed by atoms with Gasteiger partial charge in [-0.1, -0.05) is 0 Å². The Labute approximate surface area is 173 Å². The Kier molecular flexibility index (Phi) is 4.83. The van der Waals surface area contributed by atoms with Gasteiger partial charge in [0.1, 0.15) is 6.23 Å². The monoisotopic (exact) mass is 436 g/mol. The van der Waals surface area contributed by atoms with Crippen LogP contribution in [0.5, 0.6) is 0 Å². The molecule has 0 aliphatic carbocycles. The molecule has 3 saturated heterocycles. The van der Waals surface area contributed by atoms with Gasteiger partial charge in [-0.2, -0.15) is 4.31 Å². The summed E-state index contributed by atoms with van der Waals surface area (Å²) in [7, 11) is -3.70. The van der Waals surface area contributed by atoms with Crippen molar-refractivity contribution in [1.82, 2.24) is 19.9 Å². The third-order valence-electron chi connectivity index (χ3n) is 6.44. The van der Waals surface area contributed by atoms with Crippen LogP contribution in [0, 0.1) is 11.8 Å². The minimum absolute atomic E-state index is 0.0145. The molecule has 3 aliphatic rings. The highest BCUT2D eigenvalue weighted by atomic mass is 32.2. The largest absolute Gasteiger partial charge is 0.417 e. The van der Waals surface area contributed by atoms with E-state index in [1.807, 2.05) is 0 Å². The molecule has 4 heterocycles. The molecule has 1 aromatic heterocycles. The molecule has 30 heavy (non-hydrogen) atoms. The number of carbonyl (C=O) groups excluding carboxylic acids is 1. The van der Waals surface area contributed by atoms with Crippen LogP contribution in [0.4, 0.5) is 4.79 Å². The fourth-order valence-electron chi connectivity index (χ4n) is 4.93. The summed E-state index contributed by atoms with van der Waals surface area (Å²) in [4.78, 5) is 26.0. The van der Waals surface area contributed by atoms with Crippen molar-refractivity contribution in [1.29, 1.82) is 0 Å². The molecular weight excluding hydrogens is 412 g/mol. The number of carbonyl (C=O) groups is 1. The van der Waals surface area contributed by atoms with Crippen LogP contribution in [0.1, 0.15) is 25.7 Å². The second-order valence-electron chi connectivity index (χ2n) is 8.16. The minimum Gasteiger partial charge on any atom is -0.408 e. The molecule has 2 amide bonds. The van der Waals surface area contributed by atoms with Crippen LogP contribution in [0.15, 0.2) is 32.3 Å². The number of oxazole rings is 1. The maximum Gasteiger partial charge on any atom is 0.417 e. The number of amides is 2. The van der Waals surface area contributed by atoms with Crippen LogP contribution in [-0.4, -0.2) is 55.7 Å². The molecule has 3 N–H and O–H groups in total. The van der Waals surface area contributed by atoms with Crippen LogP contribution in [-0.2, 0) is 14.8 Å². The van der Waals surface area contributed by atoms with E-state index >= 15 is 0 Å². The number of hydrogen-bond acceptors (Lipinski definition) is 6. The number of aromatic amines is 1. The van der Waals surface area contributed by atoms with Crippen LogP contribution in [0.2, 0.25) is 0 Å². The summed E-state index contributed by atoms with van der Waals surface area (Å²) in [6, 6.07) is 4.16. The zero-order chi connectivity index (χ0) is 20.9. The SMILES string of the molecule is O=C1N[C@H]2OCCC[C@H]2[C@H](C2CCN(S(=O)(=O)c3ccc4[nH]c(=O)oc4c3)CC2)N1. The van der Waals surface area contributed by atoms with Crippen molar-refractivity contribution >= 4 is 27.2 Å². The third-order valence-corrected chi connectivity index (χ3v) is 8.33. The summed E-state index contributed by atoms with van der Waals surface area (Å²) >= 11 is 0. The van der Waals surface area contributed by atoms with Gasteiger partial charge >= 0.3 is 11.8 Å². The first-order chi connectivity index (χ1) is 14.4. The van der Waals surface area contributed by atoms with Crippen molar-refractivity contribution < 1.29 is 22.4 Å². The van der Waals surface area contributed by atoms with Gasteiger partial charge in [-0.05, 0) is 43.7 Å². The fraction of sp³-hybridized carbons (Fsp3) is 0.579. The van der Waals surface area contributed by atoms with Crippen molar-refractivity contribution in [2.24, 2.45) is 11.8 Å². The number of H-pyrrole nitrogens is 1. The van der Waals surface area contributed by atoms with Gasteiger partial charge in [0.05, 0.1) is 10.4 Å². The van der Waals surface area contributed by atoms with Crippen LogP contribution in [0.25, 0.3) is 11.1 Å². The molecule has 3 aliphatic heterocycles. The smallest absolute Gasteiger partial charge is 0.408 e. The lowest BCUT2D eigenvalue weighted by Gasteiger charge is -2.46. The highest BCUT2D eigenvalue weighted by molar-refractivity contribution is 7.89. The number of piperidine rings is 1. The van der Waals surface area contributed by atoms with Gasteiger partial charge in [0.25, 0.3) is 0 Å². The second-order valence-corrected chi connectivity index (χ2v) is 10.1. The topological polar surface area (TPSA) is 134 Å². The van der Waals surface area contributed by atoms with E-state index in [9.17, 15) is 18.0 Å². The average Bonchev–Trinajstić information content (AvgIpc) is 3.12. The van der Waals surface area contributed by atoms with Crippen LogP contribution >= 0.6 is 0 Å². The molecule has 0 radical (unpaired) electrons. The molecular formula is C19H24N4O6S. The standard InChI is InChI=1S/C19H24N4O6S/c24-18-21-16(13-2-1-9-28-17(13)22-18)11-5-7-23(8-6-11)30(26,27)12-3-4-14-15(10-12)29-19(25)20-14/h3-4,10-11,13,16-17H,1-2,5-9H2,(H,20,25)(H2,21,22,24)/t13-,16-,17-/m0/s1. The lowest BCUT2D eigenvalue weighted by atomic mass is 9.78. The quantitative estimate of drug-likeness (QED) is 0.656. The van der Waals surface area contributed by atoms with Gasteiger partial charge < -0.3 is 19.8 Å². The Balaban J connectivity index is 1.30. The van der Waals surface area contributed by atoms with E-state index in [1.165, 1.54) is 22.5 Å². The number of urea groups is 1. The fourth-order valence-corrected chi connectivity index (χ4v) is 6.41. The van der Waals surface area contributed by atoms with E-state index in [-0.39, 0.29) is 40.6 Å². The van der Waals surface area contributed by atoms with Crippen molar-refractivity contribution in [3.63, 3.8) is 0 Å². The summed E-state index contributed by atoms with van der Waals surface area (Å²) in [6.07, 6.45) is 2.99. The number of benzene rings is 1. The summed E-state index contributed by atoms with van der Waals surface area (Å²) < 4.78 is 38.4. The molecule has 162 valence electrons. The van der Waals surface area contributed by atoms with E-state index in [0.717, 1.165) is 12.8 Å². The maximum absolute atomic E-state index is 13.1. The van der Waals surface area contributed by atoms with Gasteiger partial charge in [-0.25, -0.2) is 18.0 Å². The summed E-state index contributed by atoms with van der Waals surface area (Å²) in [6.45, 7) is 1.40. The summed E-state index contributed by atoms with van der Waals surface area (Å²) in [5, 5.41) is 5.90. The van der Waals surface area contributed by atoms with E-state index < -0.39 is 15.8 Å². The van der Waals surface area contributed by atoms with Crippen LogP contribution < -0.4 is 16.4 Å². The molecule has 2 aromatic rings. The average molecular weight is 436 g/mol. The third kappa shape index (κ3) is 3.40. The number of fused-ring (bicyclic) bond motifs is 2. The highest BCUT2D eigenvalue weighted by Crippen LogP contribution is 2.34. The Morgan fingerprint density at radius 1 is 1.07 bits per heavy atom. The number of nitrogens with one attached hydrogen (secondary N) is 3. The maximum atomic E-state index is 13.1. The number of rotatable bonds is 3. The first kappa shape index (κ1) is 19.6. The Bertz CT molecular complexity index is 1120. The van der Waals surface area contributed by atoms with Gasteiger partial charge in [0.15, 0.2) is 5.58 Å². The number of nitrogens with zero attached hydrogens (tertiary/aromatic N) is 1. The number of ether oxygens (including phenoxy) is 1. The Morgan fingerprint density at radius 3 is 2.67 bits per heavy atom. The van der Waals surface area contributed by atoms with Crippen molar-refractivity contribution in [2.75, 3.05) is 19.7 Å². The Hall–Kier alpha value is -2.37. The van der Waals surface area contributed by atoms with E-state index in [0.29, 0.717) is 38.1 Å². The summed E-state index contributed by atoms with van der Waals surface area (Å²) in [5.41, 5.74) is 0.681. The number of hydrogen-bond donors (Lipinski definition) is 3.